The highest BCUT2D eigenvalue weighted by atomic mass is 19.1. The van der Waals surface area contributed by atoms with Crippen LogP contribution in [0.5, 0.6) is 0 Å². The van der Waals surface area contributed by atoms with Crippen LogP contribution in [0.2, 0.25) is 0 Å². The van der Waals surface area contributed by atoms with Gasteiger partial charge in [-0.1, -0.05) is 0 Å². The van der Waals surface area contributed by atoms with E-state index in [1.165, 1.54) is 12.1 Å². The van der Waals surface area contributed by atoms with Gasteiger partial charge in [-0.2, -0.15) is 0 Å². The van der Waals surface area contributed by atoms with Crippen LogP contribution in [0.4, 0.5) is 4.39 Å². The highest BCUT2D eigenvalue weighted by Crippen LogP contribution is 2.25. The van der Waals surface area contributed by atoms with Crippen molar-refractivity contribution in [1.82, 2.24) is 9.88 Å². The second kappa shape index (κ2) is 3.58. The highest BCUT2D eigenvalue weighted by molar-refractivity contribution is 5.99. The first-order chi connectivity index (χ1) is 8.16. The third kappa shape index (κ3) is 1.52. The zero-order valence-electron chi connectivity index (χ0n) is 9.59. The Morgan fingerprint density at radius 1 is 1.35 bits per heavy atom. The van der Waals surface area contributed by atoms with Gasteiger partial charge in [0, 0.05) is 18.5 Å². The molecule has 3 rings (SSSR count). The minimum Gasteiger partial charge on any atom is -0.351 e. The lowest BCUT2D eigenvalue weighted by Gasteiger charge is -2.07. The number of aromatic nitrogens is 1. The molecule has 4 heteroatoms. The van der Waals surface area contributed by atoms with Crippen molar-refractivity contribution in [2.75, 3.05) is 6.54 Å². The minimum atomic E-state index is -0.254. The number of benzene rings is 1. The molecule has 2 heterocycles. The number of hydrogen-bond acceptors (Lipinski definition) is 1. The van der Waals surface area contributed by atoms with Gasteiger partial charge in [0.25, 0.3) is 5.91 Å². The molecule has 0 aliphatic carbocycles. The van der Waals surface area contributed by atoms with Crippen LogP contribution in [0.3, 0.4) is 0 Å². The third-order valence-electron chi connectivity index (χ3n) is 3.22. The number of hydrogen-bond donors (Lipinski definition) is 1. The second-order valence-corrected chi connectivity index (χ2v) is 4.45. The molecule has 0 saturated carbocycles. The highest BCUT2D eigenvalue weighted by Gasteiger charge is 2.19. The van der Waals surface area contributed by atoms with Gasteiger partial charge in [0.2, 0.25) is 0 Å². The van der Waals surface area contributed by atoms with Gasteiger partial charge in [0.1, 0.15) is 11.5 Å². The van der Waals surface area contributed by atoms with E-state index >= 15 is 0 Å². The predicted molar refractivity (Wildman–Crippen MR) is 63.6 cm³/mol. The number of aryl methyl sites for hydroxylation is 2. The Morgan fingerprint density at radius 3 is 3.00 bits per heavy atom. The molecule has 0 bridgehead atoms. The molecule has 1 amide bonds. The van der Waals surface area contributed by atoms with Crippen molar-refractivity contribution in [3.63, 3.8) is 0 Å². The maximum absolute atomic E-state index is 13.3. The Labute approximate surface area is 98.2 Å². The maximum Gasteiger partial charge on any atom is 0.267 e. The summed E-state index contributed by atoms with van der Waals surface area (Å²) in [5.74, 6) is -0.324. The summed E-state index contributed by atoms with van der Waals surface area (Å²) in [6.07, 6.45) is 0.902. The molecule has 0 spiro atoms. The minimum absolute atomic E-state index is 0.0708. The van der Waals surface area contributed by atoms with Crippen molar-refractivity contribution in [2.45, 2.75) is 19.9 Å². The average molecular weight is 232 g/mol. The number of fused-ring (bicyclic) bond motifs is 3. The Hall–Kier alpha value is -1.84. The van der Waals surface area contributed by atoms with E-state index in [1.54, 1.807) is 6.07 Å². The van der Waals surface area contributed by atoms with Crippen molar-refractivity contribution in [3.05, 3.63) is 35.3 Å². The largest absolute Gasteiger partial charge is 0.351 e. The molecule has 1 aliphatic heterocycles. The second-order valence-electron chi connectivity index (χ2n) is 4.45. The summed E-state index contributed by atoms with van der Waals surface area (Å²) in [6.45, 7) is 3.37. The molecule has 88 valence electrons. The Morgan fingerprint density at radius 2 is 2.18 bits per heavy atom. The van der Waals surface area contributed by atoms with Crippen molar-refractivity contribution >= 4 is 16.8 Å². The van der Waals surface area contributed by atoms with Gasteiger partial charge in [-0.05, 0) is 37.1 Å². The van der Waals surface area contributed by atoms with Crippen LogP contribution in [0, 0.1) is 12.7 Å². The van der Waals surface area contributed by atoms with Crippen LogP contribution in [-0.4, -0.2) is 17.0 Å². The fraction of sp³-hybridized carbons (Fsp3) is 0.308. The number of nitrogens with zero attached hydrogens (tertiary/aromatic N) is 1. The summed E-state index contributed by atoms with van der Waals surface area (Å²) < 4.78 is 15.3. The van der Waals surface area contributed by atoms with Crippen LogP contribution in [0.1, 0.15) is 22.5 Å². The van der Waals surface area contributed by atoms with E-state index in [1.807, 2.05) is 11.5 Å². The predicted octanol–water partition coefficient (Wildman–Crippen LogP) is 2.22. The third-order valence-corrected chi connectivity index (χ3v) is 3.22. The van der Waals surface area contributed by atoms with Crippen LogP contribution < -0.4 is 5.32 Å². The molecule has 1 aliphatic rings. The summed E-state index contributed by atoms with van der Waals surface area (Å²) >= 11 is 0. The lowest BCUT2D eigenvalue weighted by atomic mass is 10.1. The first kappa shape index (κ1) is 10.3. The van der Waals surface area contributed by atoms with Crippen LogP contribution in [0.25, 0.3) is 10.9 Å². The SMILES string of the molecule is Cc1cc(F)cc2cc3n(c12)CCCNC3=O. The molecule has 0 atom stereocenters. The Bertz CT molecular complexity index is 615. The van der Waals surface area contributed by atoms with E-state index in [4.69, 9.17) is 0 Å². The molecule has 1 N–H and O–H groups in total. The van der Waals surface area contributed by atoms with Gasteiger partial charge >= 0.3 is 0 Å². The van der Waals surface area contributed by atoms with Crippen LogP contribution >= 0.6 is 0 Å². The average Bonchev–Trinajstić information content (AvgIpc) is 2.54. The number of nitrogens with one attached hydrogen (secondary N) is 1. The molecule has 0 radical (unpaired) electrons. The summed E-state index contributed by atoms with van der Waals surface area (Å²) in [7, 11) is 0. The monoisotopic (exact) mass is 232 g/mol. The summed E-state index contributed by atoms with van der Waals surface area (Å²) in [6, 6.07) is 4.77. The molecule has 1 aromatic carbocycles. The van der Waals surface area contributed by atoms with Crippen molar-refractivity contribution in [1.29, 1.82) is 0 Å². The quantitative estimate of drug-likeness (QED) is 0.742. The first-order valence-corrected chi connectivity index (χ1v) is 5.74. The van der Waals surface area contributed by atoms with E-state index < -0.39 is 0 Å². The van der Waals surface area contributed by atoms with Gasteiger partial charge in [-0.25, -0.2) is 4.39 Å². The number of carbonyl (C=O) groups excluding carboxylic acids is 1. The molecular weight excluding hydrogens is 219 g/mol. The van der Waals surface area contributed by atoms with Crippen molar-refractivity contribution in [2.24, 2.45) is 0 Å². The van der Waals surface area contributed by atoms with Gasteiger partial charge < -0.3 is 9.88 Å². The number of halogens is 1. The van der Waals surface area contributed by atoms with E-state index in [0.29, 0.717) is 12.2 Å². The Kier molecular flexibility index (Phi) is 2.18. The van der Waals surface area contributed by atoms with Crippen molar-refractivity contribution in [3.8, 4) is 0 Å². The molecule has 0 unspecified atom stereocenters. The van der Waals surface area contributed by atoms with Gasteiger partial charge in [-0.3, -0.25) is 4.79 Å². The fourth-order valence-electron chi connectivity index (χ4n) is 2.54. The lowest BCUT2D eigenvalue weighted by molar-refractivity contribution is 0.0951. The topological polar surface area (TPSA) is 34.0 Å². The van der Waals surface area contributed by atoms with Crippen LogP contribution in [-0.2, 0) is 6.54 Å². The standard InChI is InChI=1S/C13H13FN2O/c1-8-5-10(14)6-9-7-11-13(17)15-3-2-4-16(11)12(8)9/h5-7H,2-4H2,1H3,(H,15,17). The molecule has 1 aromatic heterocycles. The fourth-order valence-corrected chi connectivity index (χ4v) is 2.54. The molecular formula is C13H13FN2O. The molecule has 0 fully saturated rings. The Balaban J connectivity index is 2.35. The maximum atomic E-state index is 13.3. The molecule has 3 nitrogen and oxygen atoms in total. The normalized spacial score (nSPS) is 15.5. The van der Waals surface area contributed by atoms with Gasteiger partial charge in [0.05, 0.1) is 5.52 Å². The summed E-state index contributed by atoms with van der Waals surface area (Å²) in [5, 5.41) is 3.64. The van der Waals surface area contributed by atoms with E-state index in [-0.39, 0.29) is 11.7 Å². The zero-order valence-corrected chi connectivity index (χ0v) is 9.59. The van der Waals surface area contributed by atoms with Crippen LogP contribution in [0.15, 0.2) is 18.2 Å². The van der Waals surface area contributed by atoms with Gasteiger partial charge in [0.15, 0.2) is 0 Å². The van der Waals surface area contributed by atoms with E-state index in [0.717, 1.165) is 29.4 Å². The van der Waals surface area contributed by atoms with E-state index in [9.17, 15) is 9.18 Å². The molecule has 17 heavy (non-hydrogen) atoms. The number of rotatable bonds is 0. The zero-order chi connectivity index (χ0) is 12.0. The molecule has 2 aromatic rings. The lowest BCUT2D eigenvalue weighted by Crippen LogP contribution is -2.22. The molecule has 0 saturated heterocycles. The van der Waals surface area contributed by atoms with E-state index in [2.05, 4.69) is 5.32 Å². The summed E-state index contributed by atoms with van der Waals surface area (Å²) in [5.41, 5.74) is 2.48. The summed E-state index contributed by atoms with van der Waals surface area (Å²) in [4.78, 5) is 11.8. The smallest absolute Gasteiger partial charge is 0.267 e. The number of amides is 1. The number of carbonyl (C=O) groups is 1. The first-order valence-electron chi connectivity index (χ1n) is 5.74. The van der Waals surface area contributed by atoms with Crippen molar-refractivity contribution < 1.29 is 9.18 Å². The van der Waals surface area contributed by atoms with Gasteiger partial charge in [-0.15, -0.1) is 0 Å².